The number of carbonyl (C=O) groups is 1. The molecule has 4 heteroatoms. The Kier molecular flexibility index (Phi) is 3.83. The fourth-order valence-corrected chi connectivity index (χ4v) is 2.93. The number of hydrogen-bond acceptors (Lipinski definition) is 3. The smallest absolute Gasteiger partial charge is 0.194 e. The van der Waals surface area contributed by atoms with Crippen LogP contribution < -0.4 is 4.74 Å². The molecule has 2 nitrogen and oxygen atoms in total. The number of aryl methyl sites for hydroxylation is 1. The van der Waals surface area contributed by atoms with Crippen LogP contribution in [0.25, 0.3) is 0 Å². The molecule has 88 valence electrons. The summed E-state index contributed by atoms with van der Waals surface area (Å²) < 4.78 is 6.25. The molecule has 0 saturated heterocycles. The van der Waals surface area contributed by atoms with Crippen molar-refractivity contribution in [2.75, 3.05) is 7.11 Å². The number of thiophene rings is 1. The van der Waals surface area contributed by atoms with Gasteiger partial charge in [-0.25, -0.2) is 0 Å². The quantitative estimate of drug-likeness (QED) is 0.615. The molecule has 0 amide bonds. The number of rotatable bonds is 3. The first-order valence-corrected chi connectivity index (χ1v) is 7.01. The maximum Gasteiger partial charge on any atom is 0.194 e. The van der Waals surface area contributed by atoms with E-state index in [1.54, 1.807) is 18.4 Å². The summed E-state index contributed by atoms with van der Waals surface area (Å²) in [5.41, 5.74) is 2.43. The van der Waals surface area contributed by atoms with E-state index in [1.807, 2.05) is 36.6 Å². The van der Waals surface area contributed by atoms with Gasteiger partial charge < -0.3 is 4.74 Å². The van der Waals surface area contributed by atoms with Gasteiger partial charge in [0, 0.05) is 16.5 Å². The van der Waals surface area contributed by atoms with Crippen molar-refractivity contribution in [3.8, 4) is 5.75 Å². The summed E-state index contributed by atoms with van der Waals surface area (Å²) in [4.78, 5) is 12.2. The topological polar surface area (TPSA) is 26.3 Å². The molecule has 1 aromatic heterocycles. The van der Waals surface area contributed by atoms with Gasteiger partial charge in [-0.3, -0.25) is 4.79 Å². The summed E-state index contributed by atoms with van der Waals surface area (Å²) in [6.07, 6.45) is 0. The van der Waals surface area contributed by atoms with Crippen molar-refractivity contribution in [2.45, 2.75) is 6.92 Å². The zero-order valence-corrected chi connectivity index (χ0v) is 12.5. The maximum atomic E-state index is 12.2. The van der Waals surface area contributed by atoms with Crippen molar-refractivity contribution >= 4 is 39.7 Å². The highest BCUT2D eigenvalue weighted by molar-refractivity contribution is 14.1. The van der Waals surface area contributed by atoms with Gasteiger partial charge in [0.25, 0.3) is 0 Å². The first-order chi connectivity index (χ1) is 8.11. The van der Waals surface area contributed by atoms with Crippen molar-refractivity contribution in [1.82, 2.24) is 0 Å². The van der Waals surface area contributed by atoms with E-state index in [4.69, 9.17) is 4.74 Å². The molecule has 0 aliphatic heterocycles. The molecule has 1 heterocycles. The predicted octanol–water partition coefficient (Wildman–Crippen LogP) is 3.90. The van der Waals surface area contributed by atoms with Crippen LogP contribution in [0.4, 0.5) is 0 Å². The fraction of sp³-hybridized carbons (Fsp3) is 0.154. The number of halogens is 1. The van der Waals surface area contributed by atoms with Gasteiger partial charge in [-0.05, 0) is 59.3 Å². The second-order valence-corrected chi connectivity index (χ2v) is 6.45. The van der Waals surface area contributed by atoms with E-state index >= 15 is 0 Å². The summed E-state index contributed by atoms with van der Waals surface area (Å²) >= 11 is 3.80. The Hall–Kier alpha value is -0.880. The molecule has 0 radical (unpaired) electrons. The minimum atomic E-state index is 0.0734. The van der Waals surface area contributed by atoms with Gasteiger partial charge in [-0.1, -0.05) is 0 Å². The minimum Gasteiger partial charge on any atom is -0.497 e. The van der Waals surface area contributed by atoms with Crippen LogP contribution in [0.3, 0.4) is 0 Å². The van der Waals surface area contributed by atoms with Gasteiger partial charge in [0.2, 0.25) is 0 Å². The Bertz CT molecular complexity index is 560. The second-order valence-electron chi connectivity index (χ2n) is 3.65. The zero-order valence-electron chi connectivity index (χ0n) is 9.49. The van der Waals surface area contributed by atoms with E-state index < -0.39 is 0 Å². The van der Waals surface area contributed by atoms with Crippen LogP contribution >= 0.6 is 33.9 Å². The van der Waals surface area contributed by atoms with E-state index in [0.29, 0.717) is 0 Å². The lowest BCUT2D eigenvalue weighted by Gasteiger charge is -2.06. The highest BCUT2D eigenvalue weighted by Crippen LogP contribution is 2.23. The fourth-order valence-electron chi connectivity index (χ4n) is 1.60. The molecule has 2 aromatic rings. The van der Waals surface area contributed by atoms with Crippen molar-refractivity contribution in [3.63, 3.8) is 0 Å². The third-order valence-corrected chi connectivity index (χ3v) is 4.30. The molecule has 0 bridgehead atoms. The van der Waals surface area contributed by atoms with Crippen LogP contribution in [0.15, 0.2) is 29.6 Å². The summed E-state index contributed by atoms with van der Waals surface area (Å²) in [5.74, 6) is 0.850. The molecule has 0 fully saturated rings. The predicted molar refractivity (Wildman–Crippen MR) is 78.2 cm³/mol. The van der Waals surface area contributed by atoms with Crippen LogP contribution in [-0.2, 0) is 0 Å². The van der Waals surface area contributed by atoms with Gasteiger partial charge in [0.05, 0.1) is 9.99 Å². The molecule has 0 atom stereocenters. The maximum absolute atomic E-state index is 12.2. The lowest BCUT2D eigenvalue weighted by molar-refractivity contribution is 0.103. The number of benzene rings is 1. The normalized spacial score (nSPS) is 10.3. The van der Waals surface area contributed by atoms with Crippen molar-refractivity contribution in [3.05, 3.63) is 49.2 Å². The molecule has 0 unspecified atom stereocenters. The van der Waals surface area contributed by atoms with Crippen LogP contribution in [0, 0.1) is 9.81 Å². The molecule has 0 aliphatic carbocycles. The molecule has 0 saturated carbocycles. The monoisotopic (exact) mass is 358 g/mol. The van der Waals surface area contributed by atoms with Gasteiger partial charge in [0.1, 0.15) is 5.75 Å². The minimum absolute atomic E-state index is 0.0734. The van der Waals surface area contributed by atoms with Gasteiger partial charge in [-0.2, -0.15) is 0 Å². The van der Waals surface area contributed by atoms with E-state index in [9.17, 15) is 4.79 Å². The molecular weight excluding hydrogens is 347 g/mol. The van der Waals surface area contributed by atoms with Gasteiger partial charge in [0.15, 0.2) is 5.78 Å². The largest absolute Gasteiger partial charge is 0.497 e. The third-order valence-electron chi connectivity index (χ3n) is 2.51. The van der Waals surface area contributed by atoms with Gasteiger partial charge >= 0.3 is 0 Å². The highest BCUT2D eigenvalue weighted by Gasteiger charge is 2.13. The number of carbonyl (C=O) groups excluding carboxylic acids is 1. The molecule has 2 rings (SSSR count). The molecule has 17 heavy (non-hydrogen) atoms. The zero-order chi connectivity index (χ0) is 12.4. The van der Waals surface area contributed by atoms with E-state index in [1.165, 1.54) is 0 Å². The average Bonchev–Trinajstić information content (AvgIpc) is 2.75. The number of methoxy groups -OCH3 is 1. The standard InChI is InChI=1S/C13H11IO2S/c1-8-5-10(16-2)3-4-11(8)13(15)9-6-12(14)17-7-9/h3-7H,1-2H3. The second kappa shape index (κ2) is 5.18. The Morgan fingerprint density at radius 3 is 2.65 bits per heavy atom. The lowest BCUT2D eigenvalue weighted by Crippen LogP contribution is -2.02. The molecule has 0 aliphatic rings. The Labute approximate surface area is 118 Å². The molecule has 1 aromatic carbocycles. The Morgan fingerprint density at radius 1 is 1.35 bits per heavy atom. The van der Waals surface area contributed by atoms with E-state index in [0.717, 1.165) is 25.3 Å². The summed E-state index contributed by atoms with van der Waals surface area (Å²) in [5, 5.41) is 1.90. The average molecular weight is 358 g/mol. The molecular formula is C13H11IO2S. The van der Waals surface area contributed by atoms with Crippen molar-refractivity contribution in [2.24, 2.45) is 0 Å². The number of hydrogen-bond donors (Lipinski definition) is 0. The first-order valence-electron chi connectivity index (χ1n) is 5.05. The van der Waals surface area contributed by atoms with Crippen LogP contribution in [0.5, 0.6) is 5.75 Å². The Balaban J connectivity index is 2.37. The summed E-state index contributed by atoms with van der Waals surface area (Å²) in [6, 6.07) is 7.43. The first kappa shape index (κ1) is 12.6. The summed E-state index contributed by atoms with van der Waals surface area (Å²) in [7, 11) is 1.62. The van der Waals surface area contributed by atoms with Crippen LogP contribution in [0.2, 0.25) is 0 Å². The highest BCUT2D eigenvalue weighted by atomic mass is 127. The molecule has 0 N–H and O–H groups in total. The Morgan fingerprint density at radius 2 is 2.12 bits per heavy atom. The number of ketones is 1. The van der Waals surface area contributed by atoms with Crippen LogP contribution in [0.1, 0.15) is 21.5 Å². The third kappa shape index (κ3) is 2.69. The number of ether oxygens (including phenoxy) is 1. The van der Waals surface area contributed by atoms with Crippen LogP contribution in [-0.4, -0.2) is 12.9 Å². The SMILES string of the molecule is COc1ccc(C(=O)c2csc(I)c2)c(C)c1. The summed E-state index contributed by atoms with van der Waals surface area (Å²) in [6.45, 7) is 1.92. The van der Waals surface area contributed by atoms with Crippen molar-refractivity contribution in [1.29, 1.82) is 0 Å². The van der Waals surface area contributed by atoms with Gasteiger partial charge in [-0.15, -0.1) is 11.3 Å². The van der Waals surface area contributed by atoms with E-state index in [-0.39, 0.29) is 5.78 Å². The molecule has 0 spiro atoms. The van der Waals surface area contributed by atoms with E-state index in [2.05, 4.69) is 22.6 Å². The lowest BCUT2D eigenvalue weighted by atomic mass is 10.0. The van der Waals surface area contributed by atoms with Crippen molar-refractivity contribution < 1.29 is 9.53 Å².